The van der Waals surface area contributed by atoms with Crippen molar-refractivity contribution >= 4 is 0 Å². The molecule has 1 aliphatic carbocycles. The normalized spacial score (nSPS) is 24.7. The van der Waals surface area contributed by atoms with Crippen LogP contribution in [-0.4, -0.2) is 9.97 Å². The third-order valence-corrected chi connectivity index (χ3v) is 4.78. The maximum Gasteiger partial charge on any atom is 0.159 e. The summed E-state index contributed by atoms with van der Waals surface area (Å²) in [5.74, 6) is 1.35. The zero-order valence-electron chi connectivity index (χ0n) is 13.2. The van der Waals surface area contributed by atoms with Gasteiger partial charge in [-0.2, -0.15) is 5.26 Å². The quantitative estimate of drug-likeness (QED) is 0.810. The van der Waals surface area contributed by atoms with Gasteiger partial charge >= 0.3 is 0 Å². The van der Waals surface area contributed by atoms with Gasteiger partial charge in [0.25, 0.3) is 0 Å². The molecule has 1 fully saturated rings. The molecule has 1 saturated carbocycles. The minimum Gasteiger partial charge on any atom is -0.236 e. The predicted molar refractivity (Wildman–Crippen MR) is 87.1 cm³/mol. The smallest absolute Gasteiger partial charge is 0.159 e. The van der Waals surface area contributed by atoms with Crippen LogP contribution >= 0.6 is 0 Å². The van der Waals surface area contributed by atoms with Gasteiger partial charge in [0.1, 0.15) is 0 Å². The van der Waals surface area contributed by atoms with Gasteiger partial charge in [-0.3, -0.25) is 0 Å². The van der Waals surface area contributed by atoms with Crippen molar-refractivity contribution in [3.05, 3.63) is 47.8 Å². The summed E-state index contributed by atoms with van der Waals surface area (Å²) in [4.78, 5) is 8.75. The second-order valence-electron chi connectivity index (χ2n) is 6.65. The van der Waals surface area contributed by atoms with Crippen molar-refractivity contribution in [2.24, 2.45) is 5.41 Å². The Balaban J connectivity index is 1.73. The SMILES string of the molecule is Cc1cnc(-c2ccc(C3CCC(C)(C#N)CC3)cc2)nc1. The first kappa shape index (κ1) is 14.7. The predicted octanol–water partition coefficient (Wildman–Crippen LogP) is 4.64. The third kappa shape index (κ3) is 3.01. The fraction of sp³-hybridized carbons (Fsp3) is 0.421. The molecule has 0 amide bonds. The average Bonchev–Trinajstić information content (AvgIpc) is 2.57. The molecule has 0 saturated heterocycles. The molecule has 3 nitrogen and oxygen atoms in total. The molecule has 22 heavy (non-hydrogen) atoms. The highest BCUT2D eigenvalue weighted by Gasteiger charge is 2.31. The van der Waals surface area contributed by atoms with Crippen LogP contribution in [0.2, 0.25) is 0 Å². The highest BCUT2D eigenvalue weighted by molar-refractivity contribution is 5.55. The lowest BCUT2D eigenvalue weighted by atomic mass is 9.71. The topological polar surface area (TPSA) is 49.6 Å². The van der Waals surface area contributed by atoms with E-state index in [9.17, 15) is 5.26 Å². The summed E-state index contributed by atoms with van der Waals surface area (Å²) in [7, 11) is 0. The van der Waals surface area contributed by atoms with Gasteiger partial charge in [0, 0.05) is 18.0 Å². The molecule has 2 aromatic rings. The van der Waals surface area contributed by atoms with Gasteiger partial charge in [-0.25, -0.2) is 9.97 Å². The molecule has 0 unspecified atom stereocenters. The summed E-state index contributed by atoms with van der Waals surface area (Å²) >= 11 is 0. The summed E-state index contributed by atoms with van der Waals surface area (Å²) in [5, 5.41) is 9.23. The van der Waals surface area contributed by atoms with Gasteiger partial charge in [0.05, 0.1) is 11.5 Å². The molecule has 0 radical (unpaired) electrons. The van der Waals surface area contributed by atoms with E-state index in [0.29, 0.717) is 5.92 Å². The summed E-state index contributed by atoms with van der Waals surface area (Å²) in [6, 6.07) is 11.1. The molecule has 0 aliphatic heterocycles. The maximum atomic E-state index is 9.23. The van der Waals surface area contributed by atoms with Gasteiger partial charge in [-0.15, -0.1) is 0 Å². The van der Waals surface area contributed by atoms with E-state index in [2.05, 4.69) is 47.2 Å². The third-order valence-electron chi connectivity index (χ3n) is 4.78. The zero-order chi connectivity index (χ0) is 15.6. The Hall–Kier alpha value is -2.21. The number of benzene rings is 1. The first-order chi connectivity index (χ1) is 10.6. The molecule has 0 spiro atoms. The standard InChI is InChI=1S/C19H21N3/c1-14-11-21-18(22-12-14)17-5-3-15(4-6-17)16-7-9-19(2,13-20)10-8-16/h3-6,11-12,16H,7-10H2,1-2H3. The molecule has 3 heteroatoms. The molecule has 1 heterocycles. The van der Waals surface area contributed by atoms with Crippen LogP contribution in [0.1, 0.15) is 49.7 Å². The van der Waals surface area contributed by atoms with Crippen LogP contribution in [-0.2, 0) is 0 Å². The van der Waals surface area contributed by atoms with Gasteiger partial charge in [0.15, 0.2) is 5.82 Å². The molecular formula is C19H21N3. The number of nitriles is 1. The molecule has 112 valence electrons. The molecule has 3 rings (SSSR count). The van der Waals surface area contributed by atoms with E-state index in [1.165, 1.54) is 5.56 Å². The van der Waals surface area contributed by atoms with E-state index in [-0.39, 0.29) is 5.41 Å². The molecule has 1 aromatic carbocycles. The van der Waals surface area contributed by atoms with Crippen LogP contribution in [0.15, 0.2) is 36.7 Å². The van der Waals surface area contributed by atoms with Crippen molar-refractivity contribution in [2.45, 2.75) is 45.4 Å². The average molecular weight is 291 g/mol. The minimum atomic E-state index is -0.119. The van der Waals surface area contributed by atoms with Crippen molar-refractivity contribution < 1.29 is 0 Å². The van der Waals surface area contributed by atoms with Gasteiger partial charge in [-0.05, 0) is 56.6 Å². The Morgan fingerprint density at radius 2 is 1.68 bits per heavy atom. The summed E-state index contributed by atoms with van der Waals surface area (Å²) in [6.07, 6.45) is 7.89. The zero-order valence-corrected chi connectivity index (χ0v) is 13.2. The highest BCUT2D eigenvalue weighted by Crippen LogP contribution is 2.42. The lowest BCUT2D eigenvalue weighted by Gasteiger charge is -2.32. The van der Waals surface area contributed by atoms with E-state index in [1.807, 2.05) is 19.3 Å². The number of nitrogens with zero attached hydrogens (tertiary/aromatic N) is 3. The lowest BCUT2D eigenvalue weighted by Crippen LogP contribution is -2.21. The second kappa shape index (κ2) is 5.88. The van der Waals surface area contributed by atoms with Crippen LogP contribution in [0.5, 0.6) is 0 Å². The van der Waals surface area contributed by atoms with Gasteiger partial charge < -0.3 is 0 Å². The van der Waals surface area contributed by atoms with E-state index < -0.39 is 0 Å². The summed E-state index contributed by atoms with van der Waals surface area (Å²) < 4.78 is 0. The molecular weight excluding hydrogens is 270 g/mol. The number of rotatable bonds is 2. The Morgan fingerprint density at radius 1 is 1.09 bits per heavy atom. The van der Waals surface area contributed by atoms with Crippen LogP contribution in [0.25, 0.3) is 11.4 Å². The molecule has 0 atom stereocenters. The number of aromatic nitrogens is 2. The Bertz CT molecular complexity index is 672. The molecule has 1 aromatic heterocycles. The van der Waals surface area contributed by atoms with Gasteiger partial charge in [0.2, 0.25) is 0 Å². The number of aryl methyl sites for hydroxylation is 1. The molecule has 0 bridgehead atoms. The van der Waals surface area contributed by atoms with Crippen molar-refractivity contribution in [1.29, 1.82) is 5.26 Å². The largest absolute Gasteiger partial charge is 0.236 e. The fourth-order valence-corrected chi connectivity index (χ4v) is 3.15. The summed E-state index contributed by atoms with van der Waals surface area (Å²) in [5.41, 5.74) is 3.38. The highest BCUT2D eigenvalue weighted by atomic mass is 14.9. The Morgan fingerprint density at radius 3 is 2.23 bits per heavy atom. The van der Waals surface area contributed by atoms with Crippen LogP contribution in [0.3, 0.4) is 0 Å². The van der Waals surface area contributed by atoms with Crippen LogP contribution in [0, 0.1) is 23.7 Å². The first-order valence-corrected chi connectivity index (χ1v) is 7.90. The minimum absolute atomic E-state index is 0.119. The lowest BCUT2D eigenvalue weighted by molar-refractivity contribution is 0.270. The molecule has 1 aliphatic rings. The van der Waals surface area contributed by atoms with Crippen molar-refractivity contribution in [3.63, 3.8) is 0 Å². The van der Waals surface area contributed by atoms with E-state index in [1.54, 1.807) is 0 Å². The maximum absolute atomic E-state index is 9.23. The van der Waals surface area contributed by atoms with Gasteiger partial charge in [-0.1, -0.05) is 24.3 Å². The monoisotopic (exact) mass is 291 g/mol. The Labute approximate surface area is 132 Å². The second-order valence-corrected chi connectivity index (χ2v) is 6.65. The van der Waals surface area contributed by atoms with Crippen molar-refractivity contribution in [1.82, 2.24) is 9.97 Å². The number of hydrogen-bond donors (Lipinski definition) is 0. The molecule has 0 N–H and O–H groups in total. The van der Waals surface area contributed by atoms with Crippen LogP contribution in [0.4, 0.5) is 0 Å². The Kier molecular flexibility index (Phi) is 3.94. The fourth-order valence-electron chi connectivity index (χ4n) is 3.15. The van der Waals surface area contributed by atoms with Crippen LogP contribution < -0.4 is 0 Å². The summed E-state index contributed by atoms with van der Waals surface area (Å²) in [6.45, 7) is 4.08. The first-order valence-electron chi connectivity index (χ1n) is 7.90. The van der Waals surface area contributed by atoms with E-state index in [0.717, 1.165) is 42.6 Å². The van der Waals surface area contributed by atoms with E-state index in [4.69, 9.17) is 0 Å². The van der Waals surface area contributed by atoms with E-state index >= 15 is 0 Å². The van der Waals surface area contributed by atoms with Crippen molar-refractivity contribution in [2.75, 3.05) is 0 Å². The number of hydrogen-bond acceptors (Lipinski definition) is 3. The van der Waals surface area contributed by atoms with Crippen molar-refractivity contribution in [3.8, 4) is 17.5 Å².